The number of amides is 1. The number of hydrogen-bond acceptors (Lipinski definition) is 2. The van der Waals surface area contributed by atoms with Gasteiger partial charge in [0.25, 0.3) is 5.91 Å². The molecule has 0 spiro atoms. The highest BCUT2D eigenvalue weighted by molar-refractivity contribution is 6.02. The Morgan fingerprint density at radius 2 is 1.66 bits per heavy atom. The van der Waals surface area contributed by atoms with Gasteiger partial charge in [-0.1, -0.05) is 66.7 Å². The van der Waals surface area contributed by atoms with Gasteiger partial charge in [-0.2, -0.15) is 0 Å². The van der Waals surface area contributed by atoms with E-state index in [0.29, 0.717) is 13.2 Å². The van der Waals surface area contributed by atoms with Crippen LogP contribution in [-0.4, -0.2) is 35.0 Å². The largest absolute Gasteiger partial charge is 0.379 e. The second-order valence-corrected chi connectivity index (χ2v) is 8.59. The van der Waals surface area contributed by atoms with E-state index in [1.165, 1.54) is 0 Å². The molecule has 2 heterocycles. The zero-order valence-electron chi connectivity index (χ0n) is 18.5. The van der Waals surface area contributed by atoms with Gasteiger partial charge in [0.05, 0.1) is 17.8 Å². The Morgan fingerprint density at radius 3 is 2.47 bits per heavy atom. The third kappa shape index (κ3) is 3.61. The molecular formula is C28H28N2O2. The summed E-state index contributed by atoms with van der Waals surface area (Å²) in [5.74, 6) is 0.0967. The summed E-state index contributed by atoms with van der Waals surface area (Å²) >= 11 is 0. The summed E-state index contributed by atoms with van der Waals surface area (Å²) in [6, 6.07) is 26.6. The van der Waals surface area contributed by atoms with Crippen LogP contribution in [0.1, 0.15) is 47.8 Å². The average Bonchev–Trinajstić information content (AvgIpc) is 3.32. The summed E-state index contributed by atoms with van der Waals surface area (Å²) in [6.45, 7) is 5.37. The predicted molar refractivity (Wildman–Crippen MR) is 129 cm³/mol. The molecule has 1 amide bonds. The van der Waals surface area contributed by atoms with Gasteiger partial charge < -0.3 is 14.6 Å². The third-order valence-corrected chi connectivity index (χ3v) is 6.14. The van der Waals surface area contributed by atoms with Crippen LogP contribution >= 0.6 is 0 Å². The van der Waals surface area contributed by atoms with Crippen LogP contribution in [0.2, 0.25) is 0 Å². The number of aromatic nitrogens is 1. The van der Waals surface area contributed by atoms with Crippen molar-refractivity contribution in [2.24, 2.45) is 0 Å². The fourth-order valence-electron chi connectivity index (χ4n) is 4.75. The summed E-state index contributed by atoms with van der Waals surface area (Å²) in [5, 5.41) is 1.16. The van der Waals surface area contributed by atoms with E-state index in [2.05, 4.69) is 53.5 Å². The highest BCUT2D eigenvalue weighted by atomic mass is 16.5. The third-order valence-electron chi connectivity index (χ3n) is 6.14. The second kappa shape index (κ2) is 8.64. The normalized spacial score (nSPS) is 15.7. The van der Waals surface area contributed by atoms with E-state index in [9.17, 15) is 4.79 Å². The van der Waals surface area contributed by atoms with Crippen LogP contribution in [0.5, 0.6) is 0 Å². The van der Waals surface area contributed by atoms with Crippen molar-refractivity contribution in [3.05, 3.63) is 95.6 Å². The lowest BCUT2D eigenvalue weighted by Gasteiger charge is -2.27. The highest BCUT2D eigenvalue weighted by Gasteiger charge is 2.39. The van der Waals surface area contributed by atoms with Gasteiger partial charge in [0, 0.05) is 35.2 Å². The Bertz CT molecular complexity index is 1240. The van der Waals surface area contributed by atoms with Crippen molar-refractivity contribution >= 4 is 16.8 Å². The smallest absolute Gasteiger partial charge is 0.255 e. The van der Waals surface area contributed by atoms with Crippen LogP contribution in [-0.2, 0) is 4.74 Å². The van der Waals surface area contributed by atoms with Gasteiger partial charge in [0.15, 0.2) is 0 Å². The number of aromatic amines is 1. The van der Waals surface area contributed by atoms with E-state index in [1.54, 1.807) is 0 Å². The van der Waals surface area contributed by atoms with Gasteiger partial charge in [0.1, 0.15) is 0 Å². The lowest BCUT2D eigenvalue weighted by Crippen LogP contribution is -2.30. The topological polar surface area (TPSA) is 45.3 Å². The molecule has 1 atom stereocenters. The molecule has 5 rings (SSSR count). The van der Waals surface area contributed by atoms with E-state index >= 15 is 0 Å². The standard InChI is InChI=1S/C28H28N2O2/c1-19(2)32-18-10-17-30-27(21-13-6-7-14-22(21)28(30)31)25-23-15-8-9-16-24(23)29-26(25)20-11-4-3-5-12-20/h3-9,11-16,19,27,29H,10,17-18H2,1-2H3/t27-/m0/s1. The van der Waals surface area contributed by atoms with Crippen molar-refractivity contribution in [2.45, 2.75) is 32.4 Å². The van der Waals surface area contributed by atoms with Gasteiger partial charge in [-0.25, -0.2) is 0 Å². The second-order valence-electron chi connectivity index (χ2n) is 8.59. The maximum atomic E-state index is 13.5. The molecule has 4 aromatic rings. The van der Waals surface area contributed by atoms with E-state index in [1.807, 2.05) is 49.1 Å². The molecule has 3 aromatic carbocycles. The number of nitrogens with zero attached hydrogens (tertiary/aromatic N) is 1. The summed E-state index contributed by atoms with van der Waals surface area (Å²) in [4.78, 5) is 19.2. The number of ether oxygens (including phenoxy) is 1. The maximum absolute atomic E-state index is 13.5. The minimum atomic E-state index is -0.135. The molecule has 0 saturated heterocycles. The average molecular weight is 425 g/mol. The minimum Gasteiger partial charge on any atom is -0.379 e. The molecule has 1 aromatic heterocycles. The van der Waals surface area contributed by atoms with Crippen LogP contribution in [0, 0.1) is 0 Å². The van der Waals surface area contributed by atoms with Gasteiger partial charge in [-0.05, 0) is 43.5 Å². The number of nitrogens with one attached hydrogen (secondary N) is 1. The molecule has 4 nitrogen and oxygen atoms in total. The quantitative estimate of drug-likeness (QED) is 0.359. The zero-order valence-corrected chi connectivity index (χ0v) is 18.5. The van der Waals surface area contributed by atoms with E-state index in [4.69, 9.17) is 4.74 Å². The first-order valence-electron chi connectivity index (χ1n) is 11.3. The first-order valence-corrected chi connectivity index (χ1v) is 11.3. The molecule has 162 valence electrons. The minimum absolute atomic E-state index is 0.0967. The monoisotopic (exact) mass is 424 g/mol. The summed E-state index contributed by atoms with van der Waals surface area (Å²) in [5.41, 5.74) is 6.32. The first-order chi connectivity index (χ1) is 15.6. The number of carbonyl (C=O) groups is 1. The molecule has 0 unspecified atom stereocenters. The van der Waals surface area contributed by atoms with Gasteiger partial charge in [-0.15, -0.1) is 0 Å². The van der Waals surface area contributed by atoms with Crippen LogP contribution in [0.4, 0.5) is 0 Å². The van der Waals surface area contributed by atoms with Crippen LogP contribution in [0.25, 0.3) is 22.2 Å². The highest BCUT2D eigenvalue weighted by Crippen LogP contribution is 2.45. The van der Waals surface area contributed by atoms with Crippen molar-refractivity contribution in [1.29, 1.82) is 0 Å². The number of para-hydroxylation sites is 1. The first kappa shape index (κ1) is 20.5. The van der Waals surface area contributed by atoms with Gasteiger partial charge >= 0.3 is 0 Å². The number of hydrogen-bond donors (Lipinski definition) is 1. The Kier molecular flexibility index (Phi) is 5.54. The van der Waals surface area contributed by atoms with E-state index in [0.717, 1.165) is 45.3 Å². The summed E-state index contributed by atoms with van der Waals surface area (Å²) in [7, 11) is 0. The maximum Gasteiger partial charge on any atom is 0.255 e. The predicted octanol–water partition coefficient (Wildman–Crippen LogP) is 6.20. The van der Waals surface area contributed by atoms with Crippen LogP contribution in [0.15, 0.2) is 78.9 Å². The van der Waals surface area contributed by atoms with Crippen molar-refractivity contribution in [1.82, 2.24) is 9.88 Å². The molecular weight excluding hydrogens is 396 g/mol. The Morgan fingerprint density at radius 1 is 0.938 bits per heavy atom. The Hall–Kier alpha value is -3.37. The summed E-state index contributed by atoms with van der Waals surface area (Å²) < 4.78 is 5.76. The molecule has 1 aliphatic heterocycles. The molecule has 0 aliphatic carbocycles. The van der Waals surface area contributed by atoms with Crippen molar-refractivity contribution in [3.63, 3.8) is 0 Å². The SMILES string of the molecule is CC(C)OCCCN1C(=O)c2ccccc2[C@H]1c1c(-c2ccccc2)[nH]c2ccccc12. The molecule has 1 aliphatic rings. The molecule has 0 fully saturated rings. The van der Waals surface area contributed by atoms with E-state index < -0.39 is 0 Å². The van der Waals surface area contributed by atoms with Crippen LogP contribution in [0.3, 0.4) is 0 Å². The molecule has 1 N–H and O–H groups in total. The lowest BCUT2D eigenvalue weighted by molar-refractivity contribution is 0.0605. The molecule has 32 heavy (non-hydrogen) atoms. The Balaban J connectivity index is 1.65. The molecule has 0 saturated carbocycles. The molecule has 4 heteroatoms. The number of H-pyrrole nitrogens is 1. The number of rotatable bonds is 7. The Labute approximate surface area is 188 Å². The number of fused-ring (bicyclic) bond motifs is 2. The fraction of sp³-hybridized carbons (Fsp3) is 0.250. The zero-order chi connectivity index (χ0) is 22.1. The molecule has 0 bridgehead atoms. The van der Waals surface area contributed by atoms with Crippen molar-refractivity contribution < 1.29 is 9.53 Å². The number of carbonyl (C=O) groups excluding carboxylic acids is 1. The van der Waals surface area contributed by atoms with Crippen molar-refractivity contribution in [3.8, 4) is 11.3 Å². The summed E-state index contributed by atoms with van der Waals surface area (Å²) in [6.07, 6.45) is 0.993. The van der Waals surface area contributed by atoms with E-state index in [-0.39, 0.29) is 18.1 Å². The van der Waals surface area contributed by atoms with Crippen molar-refractivity contribution in [2.75, 3.05) is 13.2 Å². The lowest BCUT2D eigenvalue weighted by atomic mass is 9.93. The van der Waals surface area contributed by atoms with Gasteiger partial charge in [-0.3, -0.25) is 4.79 Å². The van der Waals surface area contributed by atoms with Crippen LogP contribution < -0.4 is 0 Å². The fourth-order valence-corrected chi connectivity index (χ4v) is 4.75. The number of benzene rings is 3. The molecule has 0 radical (unpaired) electrons. The van der Waals surface area contributed by atoms with Gasteiger partial charge in [0.2, 0.25) is 0 Å².